The number of hydrogen-bond donors (Lipinski definition) is 3. The molecule has 11 heteroatoms. The van der Waals surface area contributed by atoms with Gasteiger partial charge in [0.05, 0.1) is 11.0 Å². The molecule has 28 heavy (non-hydrogen) atoms. The number of hydrogen-bond acceptors (Lipinski definition) is 8. The first-order valence-electron chi connectivity index (χ1n) is 7.87. The Kier molecular flexibility index (Phi) is 5.56. The van der Waals surface area contributed by atoms with Gasteiger partial charge in [0.2, 0.25) is 5.82 Å². The van der Waals surface area contributed by atoms with Crippen molar-refractivity contribution in [1.29, 1.82) is 0 Å². The Hall–Kier alpha value is -3.86. The first-order chi connectivity index (χ1) is 13.4. The van der Waals surface area contributed by atoms with E-state index in [0.717, 1.165) is 0 Å². The molecule has 0 spiro atoms. The normalized spacial score (nSPS) is 10.3. The van der Waals surface area contributed by atoms with E-state index in [2.05, 4.69) is 25.0 Å². The highest BCUT2D eigenvalue weighted by Crippen LogP contribution is 2.27. The maximum absolute atomic E-state index is 11.8. The molecule has 0 atom stereocenters. The zero-order valence-electron chi connectivity index (χ0n) is 14.2. The Balaban J connectivity index is 1.88. The zero-order valence-corrected chi connectivity index (χ0v) is 15.0. The van der Waals surface area contributed by atoms with Gasteiger partial charge >= 0.3 is 16.5 Å². The largest absolute Gasteiger partial charge is 0.480 e. The minimum absolute atomic E-state index is 0.102. The van der Waals surface area contributed by atoms with Crippen molar-refractivity contribution in [3.63, 3.8) is 0 Å². The lowest BCUT2D eigenvalue weighted by Gasteiger charge is -2.09. The number of carboxylic acid groups (broad SMARTS) is 1. The van der Waals surface area contributed by atoms with Crippen LogP contribution in [0.5, 0.6) is 0 Å². The number of aromatic nitrogens is 2. The summed E-state index contributed by atoms with van der Waals surface area (Å²) in [7, 11) is -2.71. The molecule has 142 valence electrons. The molecule has 1 aromatic heterocycles. The van der Waals surface area contributed by atoms with Crippen LogP contribution in [0.1, 0.15) is 10.4 Å². The molecule has 2 aromatic carbocycles. The highest BCUT2D eigenvalue weighted by molar-refractivity contribution is 7.61. The number of nitrogens with zero attached hydrogens (tertiary/aromatic N) is 3. The van der Waals surface area contributed by atoms with Gasteiger partial charge in [0.1, 0.15) is 6.54 Å². The molecule has 3 aromatic rings. The Labute approximate surface area is 160 Å². The molecule has 0 aliphatic rings. The van der Waals surface area contributed by atoms with E-state index < -0.39 is 28.9 Å². The molecule has 0 saturated carbocycles. The minimum Gasteiger partial charge on any atom is -0.480 e. The molecule has 0 bridgehead atoms. The molecular weight excluding hydrogens is 386 g/mol. The summed E-state index contributed by atoms with van der Waals surface area (Å²) in [6.45, 7) is -0.483. The summed E-state index contributed by atoms with van der Waals surface area (Å²) in [5.41, 5.74) is 1.81. The fourth-order valence-electron chi connectivity index (χ4n) is 2.31. The van der Waals surface area contributed by atoms with Gasteiger partial charge in [-0.2, -0.15) is 8.42 Å². The van der Waals surface area contributed by atoms with Crippen molar-refractivity contribution in [2.24, 2.45) is 4.36 Å². The zero-order chi connectivity index (χ0) is 20.1. The predicted octanol–water partition coefficient (Wildman–Crippen LogP) is 1.88. The summed E-state index contributed by atoms with van der Waals surface area (Å²) < 4.78 is 25.4. The fourth-order valence-corrected chi connectivity index (χ4v) is 2.58. The van der Waals surface area contributed by atoms with Crippen LogP contribution in [0.15, 0.2) is 52.9 Å². The lowest BCUT2D eigenvalue weighted by Crippen LogP contribution is -2.29. The van der Waals surface area contributed by atoms with Gasteiger partial charge in [-0.1, -0.05) is 12.1 Å². The second-order valence-corrected chi connectivity index (χ2v) is 6.09. The Morgan fingerprint density at radius 1 is 1.00 bits per heavy atom. The second-order valence-electron chi connectivity index (χ2n) is 5.47. The first-order valence-corrected chi connectivity index (χ1v) is 8.90. The van der Waals surface area contributed by atoms with E-state index in [1.54, 1.807) is 36.4 Å². The molecule has 0 aliphatic heterocycles. The number of nitrogens with one attached hydrogen (secondary N) is 2. The first kappa shape index (κ1) is 18.9. The molecule has 3 rings (SSSR count). The third kappa shape index (κ3) is 4.65. The SMILES string of the molecule is O=C(O)CNC(=O)c1ccc(Nc2nc3ccccc3nc2N=S(=O)=O)cc1. The Bertz CT molecular complexity index is 1180. The van der Waals surface area contributed by atoms with Crippen molar-refractivity contribution in [2.75, 3.05) is 11.9 Å². The van der Waals surface area contributed by atoms with E-state index in [1.165, 1.54) is 12.1 Å². The quantitative estimate of drug-likeness (QED) is 0.568. The van der Waals surface area contributed by atoms with Gasteiger partial charge < -0.3 is 15.7 Å². The number of amides is 1. The van der Waals surface area contributed by atoms with E-state index >= 15 is 0 Å². The lowest BCUT2D eigenvalue weighted by atomic mass is 10.2. The van der Waals surface area contributed by atoms with Crippen LogP contribution in [0.25, 0.3) is 11.0 Å². The number of anilines is 2. The summed E-state index contributed by atoms with van der Waals surface area (Å²) >= 11 is 0. The number of para-hydroxylation sites is 2. The molecule has 0 aliphatic carbocycles. The van der Waals surface area contributed by atoms with Crippen molar-refractivity contribution in [2.45, 2.75) is 0 Å². The van der Waals surface area contributed by atoms with Gasteiger partial charge in [-0.25, -0.2) is 9.97 Å². The monoisotopic (exact) mass is 399 g/mol. The van der Waals surface area contributed by atoms with Crippen molar-refractivity contribution in [1.82, 2.24) is 15.3 Å². The molecule has 0 fully saturated rings. The van der Waals surface area contributed by atoms with Crippen molar-refractivity contribution in [3.05, 3.63) is 54.1 Å². The van der Waals surface area contributed by atoms with E-state index in [-0.39, 0.29) is 17.2 Å². The summed E-state index contributed by atoms with van der Waals surface area (Å²) in [4.78, 5) is 30.9. The Morgan fingerprint density at radius 2 is 1.64 bits per heavy atom. The minimum atomic E-state index is -2.71. The van der Waals surface area contributed by atoms with Crippen LogP contribution in [0, 0.1) is 0 Å². The smallest absolute Gasteiger partial charge is 0.322 e. The number of carbonyl (C=O) groups excluding carboxylic acids is 1. The van der Waals surface area contributed by atoms with E-state index in [9.17, 15) is 18.0 Å². The number of rotatable bonds is 6. The van der Waals surface area contributed by atoms with Crippen LogP contribution >= 0.6 is 0 Å². The van der Waals surface area contributed by atoms with E-state index in [1.807, 2.05) is 0 Å². The maximum Gasteiger partial charge on any atom is 0.322 e. The fraction of sp³-hybridized carbons (Fsp3) is 0.0588. The van der Waals surface area contributed by atoms with Crippen LogP contribution in [-0.2, 0) is 15.3 Å². The van der Waals surface area contributed by atoms with Crippen LogP contribution in [-0.4, -0.2) is 41.9 Å². The highest BCUT2D eigenvalue weighted by Gasteiger charge is 2.11. The van der Waals surface area contributed by atoms with Gasteiger partial charge in [-0.15, -0.1) is 4.36 Å². The summed E-state index contributed by atoms with van der Waals surface area (Å²) in [6, 6.07) is 13.0. The topological polar surface area (TPSA) is 151 Å². The Morgan fingerprint density at radius 3 is 2.25 bits per heavy atom. The van der Waals surface area contributed by atoms with Crippen LogP contribution in [0.4, 0.5) is 17.3 Å². The molecule has 0 saturated heterocycles. The highest BCUT2D eigenvalue weighted by atomic mass is 32.2. The summed E-state index contributed by atoms with van der Waals surface area (Å²) in [6.07, 6.45) is 0. The maximum atomic E-state index is 11.8. The number of carbonyl (C=O) groups is 2. The number of fused-ring (bicyclic) bond motifs is 1. The average molecular weight is 399 g/mol. The van der Waals surface area contributed by atoms with Crippen molar-refractivity contribution < 1.29 is 23.1 Å². The molecule has 1 amide bonds. The molecular formula is C17H13N5O5S. The van der Waals surface area contributed by atoms with Crippen LogP contribution in [0.3, 0.4) is 0 Å². The predicted molar refractivity (Wildman–Crippen MR) is 100 cm³/mol. The molecule has 3 N–H and O–H groups in total. The summed E-state index contributed by atoms with van der Waals surface area (Å²) in [5.74, 6) is -1.65. The van der Waals surface area contributed by atoms with Crippen LogP contribution < -0.4 is 10.6 Å². The second kappa shape index (κ2) is 8.22. The van der Waals surface area contributed by atoms with Gasteiger partial charge in [-0.3, -0.25) is 9.59 Å². The van der Waals surface area contributed by atoms with Crippen molar-refractivity contribution in [3.8, 4) is 0 Å². The van der Waals surface area contributed by atoms with Gasteiger partial charge in [0.15, 0.2) is 5.82 Å². The van der Waals surface area contributed by atoms with E-state index in [0.29, 0.717) is 16.7 Å². The lowest BCUT2D eigenvalue weighted by molar-refractivity contribution is -0.135. The third-order valence-electron chi connectivity index (χ3n) is 3.52. The number of carboxylic acids is 1. The average Bonchev–Trinajstić information content (AvgIpc) is 2.66. The number of benzene rings is 2. The van der Waals surface area contributed by atoms with Gasteiger partial charge in [0, 0.05) is 11.3 Å². The van der Waals surface area contributed by atoms with Gasteiger partial charge in [0.25, 0.3) is 5.91 Å². The summed E-state index contributed by atoms with van der Waals surface area (Å²) in [5, 5.41) is 13.8. The molecule has 10 nitrogen and oxygen atoms in total. The molecule has 1 heterocycles. The van der Waals surface area contributed by atoms with Crippen LogP contribution in [0.2, 0.25) is 0 Å². The molecule has 0 radical (unpaired) electrons. The third-order valence-corrected chi connectivity index (χ3v) is 3.85. The number of aliphatic carboxylic acids is 1. The van der Waals surface area contributed by atoms with Gasteiger partial charge in [-0.05, 0) is 36.4 Å². The standard InChI is InChI=1S/C17H13N5O5S/c23-14(24)9-18-17(25)10-5-7-11(8-6-10)19-15-16(22-28(26)27)21-13-4-2-1-3-12(13)20-15/h1-8H,9H2,(H,18,25)(H,19,20)(H,23,24). The molecule has 0 unspecified atom stereocenters. The van der Waals surface area contributed by atoms with Crippen molar-refractivity contribution >= 4 is 50.7 Å². The van der Waals surface area contributed by atoms with E-state index in [4.69, 9.17) is 5.11 Å².